The van der Waals surface area contributed by atoms with Gasteiger partial charge >= 0.3 is 0 Å². The topological polar surface area (TPSA) is 116 Å². The monoisotopic (exact) mass is 274 g/mol. The number of aromatic nitrogens is 4. The second-order valence-corrected chi connectivity index (χ2v) is 6.20. The van der Waals surface area contributed by atoms with E-state index in [4.69, 9.17) is 5.73 Å². The van der Waals surface area contributed by atoms with Crippen LogP contribution in [0.4, 0.5) is 5.13 Å². The van der Waals surface area contributed by atoms with Crippen LogP contribution in [0.1, 0.15) is 5.56 Å². The minimum atomic E-state index is -3.65. The highest BCUT2D eigenvalue weighted by Crippen LogP contribution is 2.16. The van der Waals surface area contributed by atoms with Crippen molar-refractivity contribution >= 4 is 26.5 Å². The Morgan fingerprint density at radius 3 is 2.82 bits per heavy atom. The van der Waals surface area contributed by atoms with Crippen molar-refractivity contribution in [3.63, 3.8) is 0 Å². The van der Waals surface area contributed by atoms with Gasteiger partial charge in [-0.25, -0.2) is 13.1 Å². The summed E-state index contributed by atoms with van der Waals surface area (Å²) in [5.41, 5.74) is 6.08. The maximum Gasteiger partial charge on any atom is 0.270 e. The SMILES string of the molecule is Cn1cc(CNS(=O)(=O)c2nnc(N)s2)cn1. The summed E-state index contributed by atoms with van der Waals surface area (Å²) in [6.07, 6.45) is 3.30. The van der Waals surface area contributed by atoms with E-state index in [-0.39, 0.29) is 16.0 Å². The van der Waals surface area contributed by atoms with E-state index in [1.54, 1.807) is 24.1 Å². The molecular formula is C7H10N6O2S2. The maximum absolute atomic E-state index is 11.7. The van der Waals surface area contributed by atoms with Gasteiger partial charge in [-0.05, 0) is 0 Å². The minimum Gasteiger partial charge on any atom is -0.374 e. The van der Waals surface area contributed by atoms with E-state index in [0.717, 1.165) is 16.9 Å². The summed E-state index contributed by atoms with van der Waals surface area (Å²) in [6, 6.07) is 0. The van der Waals surface area contributed by atoms with Crippen LogP contribution in [0.2, 0.25) is 0 Å². The van der Waals surface area contributed by atoms with E-state index >= 15 is 0 Å². The molecule has 17 heavy (non-hydrogen) atoms. The summed E-state index contributed by atoms with van der Waals surface area (Å²) < 4.78 is 27.3. The average molecular weight is 274 g/mol. The zero-order valence-corrected chi connectivity index (χ0v) is 10.5. The standard InChI is InChI=1S/C7H10N6O2S2/c1-13-4-5(2-9-13)3-10-17(14,15)7-12-11-6(8)16-7/h2,4,10H,3H2,1H3,(H2,8,11). The Kier molecular flexibility index (Phi) is 3.09. The molecule has 0 unspecified atom stereocenters. The lowest BCUT2D eigenvalue weighted by Gasteiger charge is -2.00. The fourth-order valence-corrected chi connectivity index (χ4v) is 2.97. The number of nitrogens with one attached hydrogen (secondary N) is 1. The van der Waals surface area contributed by atoms with Gasteiger partial charge in [0.2, 0.25) is 9.47 Å². The number of nitrogens with zero attached hydrogens (tertiary/aromatic N) is 4. The number of sulfonamides is 1. The molecule has 0 radical (unpaired) electrons. The maximum atomic E-state index is 11.7. The highest BCUT2D eigenvalue weighted by Gasteiger charge is 2.19. The first-order chi connectivity index (χ1) is 7.97. The molecule has 0 aromatic carbocycles. The number of rotatable bonds is 4. The molecule has 2 aromatic heterocycles. The van der Waals surface area contributed by atoms with Crippen LogP contribution in [-0.2, 0) is 23.6 Å². The van der Waals surface area contributed by atoms with Crippen molar-refractivity contribution < 1.29 is 8.42 Å². The molecule has 3 N–H and O–H groups in total. The lowest BCUT2D eigenvalue weighted by molar-refractivity contribution is 0.579. The van der Waals surface area contributed by atoms with Crippen molar-refractivity contribution in [1.82, 2.24) is 24.7 Å². The molecule has 0 fully saturated rings. The molecule has 0 bridgehead atoms. The van der Waals surface area contributed by atoms with Crippen LogP contribution in [0.5, 0.6) is 0 Å². The second-order valence-electron chi connectivity index (χ2n) is 3.25. The number of nitrogens with two attached hydrogens (primary N) is 1. The van der Waals surface area contributed by atoms with Crippen LogP contribution in [-0.4, -0.2) is 28.4 Å². The van der Waals surface area contributed by atoms with Gasteiger partial charge in [0.15, 0.2) is 0 Å². The molecule has 2 rings (SSSR count). The van der Waals surface area contributed by atoms with Gasteiger partial charge in [-0.1, -0.05) is 11.3 Å². The van der Waals surface area contributed by atoms with Crippen molar-refractivity contribution in [2.45, 2.75) is 10.9 Å². The summed E-state index contributed by atoms with van der Waals surface area (Å²) in [6.45, 7) is 0.148. The Bertz CT molecular complexity index is 616. The molecule has 0 amide bonds. The van der Waals surface area contributed by atoms with Gasteiger partial charge in [-0.15, -0.1) is 10.2 Å². The molecule has 2 heterocycles. The van der Waals surface area contributed by atoms with Gasteiger partial charge in [0.1, 0.15) is 0 Å². The first-order valence-electron chi connectivity index (χ1n) is 4.53. The molecule has 2 aromatic rings. The molecule has 0 aliphatic carbocycles. The zero-order chi connectivity index (χ0) is 12.5. The number of hydrogen-bond acceptors (Lipinski definition) is 7. The lowest BCUT2D eigenvalue weighted by atomic mass is 10.4. The first-order valence-corrected chi connectivity index (χ1v) is 6.83. The number of hydrogen-bond donors (Lipinski definition) is 2. The van der Waals surface area contributed by atoms with Gasteiger partial charge < -0.3 is 5.73 Å². The third-order valence-electron chi connectivity index (χ3n) is 1.88. The molecule has 0 saturated carbocycles. The molecule has 0 atom stereocenters. The van der Waals surface area contributed by atoms with E-state index < -0.39 is 10.0 Å². The Hall–Kier alpha value is -1.52. The fraction of sp³-hybridized carbons (Fsp3) is 0.286. The van der Waals surface area contributed by atoms with Crippen molar-refractivity contribution in [3.05, 3.63) is 18.0 Å². The minimum absolute atomic E-state index is 0.117. The summed E-state index contributed by atoms with van der Waals surface area (Å²) in [5.74, 6) is 0. The molecule has 0 aliphatic heterocycles. The van der Waals surface area contributed by atoms with Gasteiger partial charge in [-0.3, -0.25) is 4.68 Å². The second kappa shape index (κ2) is 4.39. The quantitative estimate of drug-likeness (QED) is 0.764. The summed E-state index contributed by atoms with van der Waals surface area (Å²) in [7, 11) is -1.90. The fourth-order valence-electron chi connectivity index (χ4n) is 1.13. The van der Waals surface area contributed by atoms with Crippen LogP contribution in [0.25, 0.3) is 0 Å². The van der Waals surface area contributed by atoms with E-state index in [1.807, 2.05) is 0 Å². The van der Waals surface area contributed by atoms with Crippen molar-refractivity contribution in [2.24, 2.45) is 7.05 Å². The van der Waals surface area contributed by atoms with E-state index in [2.05, 4.69) is 20.0 Å². The highest BCUT2D eigenvalue weighted by atomic mass is 32.2. The highest BCUT2D eigenvalue weighted by molar-refractivity contribution is 7.91. The predicted molar refractivity (Wildman–Crippen MR) is 61.6 cm³/mol. The van der Waals surface area contributed by atoms with Gasteiger partial charge in [0.05, 0.1) is 6.20 Å². The normalized spacial score (nSPS) is 11.8. The summed E-state index contributed by atoms with van der Waals surface area (Å²) in [4.78, 5) is 0. The average Bonchev–Trinajstić information content (AvgIpc) is 2.85. The van der Waals surface area contributed by atoms with Crippen molar-refractivity contribution in [1.29, 1.82) is 0 Å². The van der Waals surface area contributed by atoms with Crippen molar-refractivity contribution in [2.75, 3.05) is 5.73 Å². The lowest BCUT2D eigenvalue weighted by Crippen LogP contribution is -2.22. The molecular weight excluding hydrogens is 264 g/mol. The Labute approximate surface area is 102 Å². The predicted octanol–water partition coefficient (Wildman–Crippen LogP) is -0.668. The van der Waals surface area contributed by atoms with Crippen LogP contribution in [0.3, 0.4) is 0 Å². The van der Waals surface area contributed by atoms with E-state index in [1.165, 1.54) is 0 Å². The molecule has 10 heteroatoms. The number of aryl methyl sites for hydroxylation is 1. The Morgan fingerprint density at radius 1 is 1.53 bits per heavy atom. The molecule has 92 valence electrons. The van der Waals surface area contributed by atoms with Crippen molar-refractivity contribution in [3.8, 4) is 0 Å². The van der Waals surface area contributed by atoms with Crippen LogP contribution in [0, 0.1) is 0 Å². The van der Waals surface area contributed by atoms with Crippen LogP contribution < -0.4 is 10.5 Å². The van der Waals surface area contributed by atoms with Gasteiger partial charge in [0.25, 0.3) is 10.0 Å². The summed E-state index contributed by atoms with van der Waals surface area (Å²) >= 11 is 0.819. The Morgan fingerprint density at radius 2 is 2.29 bits per heavy atom. The number of nitrogen functional groups attached to an aromatic ring is 1. The Balaban J connectivity index is 2.08. The molecule has 0 saturated heterocycles. The largest absolute Gasteiger partial charge is 0.374 e. The molecule has 0 spiro atoms. The van der Waals surface area contributed by atoms with Gasteiger partial charge in [0, 0.05) is 25.4 Å². The third-order valence-corrected chi connectivity index (χ3v) is 4.40. The molecule has 0 aliphatic rings. The third kappa shape index (κ3) is 2.78. The molecule has 8 nitrogen and oxygen atoms in total. The zero-order valence-electron chi connectivity index (χ0n) is 8.86. The number of anilines is 1. The smallest absolute Gasteiger partial charge is 0.270 e. The van der Waals surface area contributed by atoms with E-state index in [0.29, 0.717) is 0 Å². The van der Waals surface area contributed by atoms with E-state index in [9.17, 15) is 8.42 Å². The van der Waals surface area contributed by atoms with Crippen LogP contribution >= 0.6 is 11.3 Å². The summed E-state index contributed by atoms with van der Waals surface area (Å²) in [5, 5.41) is 11.0. The van der Waals surface area contributed by atoms with Gasteiger partial charge in [-0.2, -0.15) is 5.10 Å². The van der Waals surface area contributed by atoms with Crippen LogP contribution in [0.15, 0.2) is 16.7 Å². The first kappa shape index (κ1) is 12.0.